The summed E-state index contributed by atoms with van der Waals surface area (Å²) in [5.41, 5.74) is 4.53. The van der Waals surface area contributed by atoms with Gasteiger partial charge in [0.2, 0.25) is 0 Å². The lowest BCUT2D eigenvalue weighted by atomic mass is 10.1. The number of nitrogens with zero attached hydrogens (tertiary/aromatic N) is 2. The van der Waals surface area contributed by atoms with Crippen molar-refractivity contribution in [3.63, 3.8) is 0 Å². The van der Waals surface area contributed by atoms with E-state index in [-0.39, 0.29) is 5.91 Å². The largest absolute Gasteiger partial charge is 0.460 e. The highest BCUT2D eigenvalue weighted by atomic mass is 35.5. The zero-order valence-electron chi connectivity index (χ0n) is 16.4. The molecule has 2 heterocycles. The molecule has 6 heteroatoms. The van der Waals surface area contributed by atoms with E-state index in [0.717, 1.165) is 17.0 Å². The van der Waals surface area contributed by atoms with Crippen molar-refractivity contribution in [3.8, 4) is 17.1 Å². The highest BCUT2D eigenvalue weighted by molar-refractivity contribution is 6.32. The highest BCUT2D eigenvalue weighted by Crippen LogP contribution is 2.27. The van der Waals surface area contributed by atoms with Crippen LogP contribution in [0.25, 0.3) is 17.1 Å². The van der Waals surface area contributed by atoms with E-state index in [1.165, 1.54) is 5.56 Å². The van der Waals surface area contributed by atoms with E-state index in [2.05, 4.69) is 10.4 Å². The Bertz CT molecular complexity index is 1210. The first-order valence-corrected chi connectivity index (χ1v) is 9.60. The molecule has 0 saturated carbocycles. The molecular formula is C23H20ClN3O2. The molecule has 0 fully saturated rings. The van der Waals surface area contributed by atoms with Crippen LogP contribution in [-0.2, 0) is 0 Å². The van der Waals surface area contributed by atoms with Gasteiger partial charge in [-0.15, -0.1) is 0 Å². The first-order valence-electron chi connectivity index (χ1n) is 9.23. The maximum absolute atomic E-state index is 13.1. The molecule has 1 amide bonds. The first kappa shape index (κ1) is 19.0. The smallest absolute Gasteiger partial charge is 0.274 e. The van der Waals surface area contributed by atoms with E-state index in [1.54, 1.807) is 16.8 Å². The number of aryl methyl sites for hydroxylation is 3. The number of para-hydroxylation sites is 1. The predicted octanol–water partition coefficient (Wildman–Crippen LogP) is 5.96. The number of furan rings is 1. The lowest BCUT2D eigenvalue weighted by molar-refractivity contribution is 0.101. The van der Waals surface area contributed by atoms with Crippen molar-refractivity contribution < 1.29 is 9.21 Å². The van der Waals surface area contributed by atoms with Crippen LogP contribution in [0, 0.1) is 20.8 Å². The van der Waals surface area contributed by atoms with E-state index in [1.807, 2.05) is 69.3 Å². The second-order valence-electron chi connectivity index (χ2n) is 6.94. The van der Waals surface area contributed by atoms with Crippen LogP contribution in [-0.4, -0.2) is 15.7 Å². The van der Waals surface area contributed by atoms with Crippen LogP contribution < -0.4 is 5.32 Å². The molecule has 0 aliphatic heterocycles. The standard InChI is InChI=1S/C23H20ClN3O2/c1-14-8-10-17(12-15(14)2)25-23(28)21-13-19(22-11-9-16(3)29-22)26-27(21)20-7-5-4-6-18(20)24/h4-13H,1-3H3,(H,25,28). The predicted molar refractivity (Wildman–Crippen MR) is 115 cm³/mol. The molecule has 0 spiro atoms. The Kier molecular flexibility index (Phi) is 4.99. The molecule has 5 nitrogen and oxygen atoms in total. The van der Waals surface area contributed by atoms with Crippen molar-refractivity contribution >= 4 is 23.2 Å². The molecule has 29 heavy (non-hydrogen) atoms. The normalized spacial score (nSPS) is 10.9. The van der Waals surface area contributed by atoms with E-state index >= 15 is 0 Å². The molecule has 4 rings (SSSR count). The van der Waals surface area contributed by atoms with Gasteiger partial charge in [-0.1, -0.05) is 29.8 Å². The Morgan fingerprint density at radius 2 is 1.79 bits per heavy atom. The van der Waals surface area contributed by atoms with Gasteiger partial charge >= 0.3 is 0 Å². The molecular weight excluding hydrogens is 386 g/mol. The van der Waals surface area contributed by atoms with Gasteiger partial charge in [0.1, 0.15) is 17.1 Å². The van der Waals surface area contributed by atoms with Crippen molar-refractivity contribution in [1.29, 1.82) is 0 Å². The topological polar surface area (TPSA) is 60.1 Å². The molecule has 4 aromatic rings. The molecule has 146 valence electrons. The molecule has 0 atom stereocenters. The van der Waals surface area contributed by atoms with Gasteiger partial charge in [-0.05, 0) is 68.3 Å². The summed E-state index contributed by atoms with van der Waals surface area (Å²) in [5, 5.41) is 8.05. The lowest BCUT2D eigenvalue weighted by Gasteiger charge is -2.10. The molecule has 0 radical (unpaired) electrons. The molecule has 0 saturated heterocycles. The van der Waals surface area contributed by atoms with Gasteiger partial charge in [0.05, 0.1) is 10.7 Å². The fraction of sp³-hybridized carbons (Fsp3) is 0.130. The molecule has 0 aliphatic rings. The van der Waals surface area contributed by atoms with Crippen LogP contribution >= 0.6 is 11.6 Å². The number of hydrogen-bond donors (Lipinski definition) is 1. The Balaban J connectivity index is 1.78. The van der Waals surface area contributed by atoms with Crippen molar-refractivity contribution in [3.05, 3.63) is 88.3 Å². The Morgan fingerprint density at radius 3 is 2.48 bits per heavy atom. The van der Waals surface area contributed by atoms with Crippen molar-refractivity contribution in [2.75, 3.05) is 5.32 Å². The zero-order valence-corrected chi connectivity index (χ0v) is 17.1. The van der Waals surface area contributed by atoms with E-state index in [0.29, 0.717) is 27.9 Å². The van der Waals surface area contributed by atoms with Crippen molar-refractivity contribution in [2.45, 2.75) is 20.8 Å². The number of aromatic nitrogens is 2. The average Bonchev–Trinajstić information content (AvgIpc) is 3.31. The summed E-state index contributed by atoms with van der Waals surface area (Å²) in [5.74, 6) is 1.08. The Morgan fingerprint density at radius 1 is 1.00 bits per heavy atom. The average molecular weight is 406 g/mol. The highest BCUT2D eigenvalue weighted by Gasteiger charge is 2.20. The maximum atomic E-state index is 13.1. The van der Waals surface area contributed by atoms with E-state index < -0.39 is 0 Å². The first-order chi connectivity index (χ1) is 13.9. The van der Waals surface area contributed by atoms with Crippen LogP contribution in [0.3, 0.4) is 0 Å². The number of rotatable bonds is 4. The van der Waals surface area contributed by atoms with Crippen LogP contribution in [0.15, 0.2) is 65.1 Å². The second-order valence-corrected chi connectivity index (χ2v) is 7.35. The summed E-state index contributed by atoms with van der Waals surface area (Å²) in [6, 6.07) is 18.5. The quantitative estimate of drug-likeness (QED) is 0.455. The van der Waals surface area contributed by atoms with Gasteiger partial charge in [-0.3, -0.25) is 4.79 Å². The van der Waals surface area contributed by atoms with Gasteiger partial charge in [0.15, 0.2) is 5.76 Å². The summed E-state index contributed by atoms with van der Waals surface area (Å²) in [7, 11) is 0. The van der Waals surface area contributed by atoms with Gasteiger partial charge in [0.25, 0.3) is 5.91 Å². The molecule has 0 aliphatic carbocycles. The van der Waals surface area contributed by atoms with E-state index in [4.69, 9.17) is 16.0 Å². The SMILES string of the molecule is Cc1ccc(-c2cc(C(=O)Nc3ccc(C)c(C)c3)n(-c3ccccc3Cl)n2)o1. The number of carbonyl (C=O) groups is 1. The monoisotopic (exact) mass is 405 g/mol. The minimum Gasteiger partial charge on any atom is -0.460 e. The minimum atomic E-state index is -0.282. The number of benzene rings is 2. The van der Waals surface area contributed by atoms with Crippen LogP contribution in [0.4, 0.5) is 5.69 Å². The second kappa shape index (κ2) is 7.60. The molecule has 0 unspecified atom stereocenters. The summed E-state index contributed by atoms with van der Waals surface area (Å²) in [6.07, 6.45) is 0. The number of amides is 1. The maximum Gasteiger partial charge on any atom is 0.274 e. The van der Waals surface area contributed by atoms with Gasteiger partial charge < -0.3 is 9.73 Å². The summed E-state index contributed by atoms with van der Waals surface area (Å²) in [6.45, 7) is 5.91. The van der Waals surface area contributed by atoms with Crippen LogP contribution in [0.1, 0.15) is 27.4 Å². The lowest BCUT2D eigenvalue weighted by Crippen LogP contribution is -2.17. The Labute approximate surface area is 173 Å². The van der Waals surface area contributed by atoms with Gasteiger partial charge in [-0.25, -0.2) is 4.68 Å². The minimum absolute atomic E-state index is 0.282. The number of anilines is 1. The number of hydrogen-bond acceptors (Lipinski definition) is 3. The number of nitrogens with one attached hydrogen (secondary N) is 1. The van der Waals surface area contributed by atoms with Crippen LogP contribution in [0.2, 0.25) is 5.02 Å². The third-order valence-corrected chi connectivity index (χ3v) is 5.10. The summed E-state index contributed by atoms with van der Waals surface area (Å²) in [4.78, 5) is 13.1. The Hall–Kier alpha value is -3.31. The zero-order chi connectivity index (χ0) is 20.5. The third-order valence-electron chi connectivity index (χ3n) is 4.78. The fourth-order valence-electron chi connectivity index (χ4n) is 3.06. The van der Waals surface area contributed by atoms with E-state index in [9.17, 15) is 4.79 Å². The molecule has 0 bridgehead atoms. The van der Waals surface area contributed by atoms with Crippen LogP contribution in [0.5, 0.6) is 0 Å². The third kappa shape index (κ3) is 3.82. The number of carbonyl (C=O) groups excluding carboxylic acids is 1. The van der Waals surface area contributed by atoms with Gasteiger partial charge in [-0.2, -0.15) is 5.10 Å². The summed E-state index contributed by atoms with van der Waals surface area (Å²) < 4.78 is 7.24. The summed E-state index contributed by atoms with van der Waals surface area (Å²) >= 11 is 6.38. The fourth-order valence-corrected chi connectivity index (χ4v) is 3.27. The van der Waals surface area contributed by atoms with Crippen molar-refractivity contribution in [2.24, 2.45) is 0 Å². The van der Waals surface area contributed by atoms with Gasteiger partial charge in [0, 0.05) is 11.8 Å². The number of halogens is 1. The van der Waals surface area contributed by atoms with Crippen molar-refractivity contribution in [1.82, 2.24) is 9.78 Å². The molecule has 2 aromatic carbocycles. The molecule has 1 N–H and O–H groups in total. The molecule has 2 aromatic heterocycles.